The molecule has 3 aromatic rings. The summed E-state index contributed by atoms with van der Waals surface area (Å²) < 4.78 is 1.95. The van der Waals surface area contributed by atoms with Gasteiger partial charge in [0.1, 0.15) is 5.51 Å². The van der Waals surface area contributed by atoms with Crippen molar-refractivity contribution in [1.29, 1.82) is 0 Å². The first-order valence-corrected chi connectivity index (χ1v) is 9.95. The van der Waals surface area contributed by atoms with Crippen molar-refractivity contribution in [3.05, 3.63) is 42.4 Å². The third kappa shape index (κ3) is 4.72. The van der Waals surface area contributed by atoms with E-state index in [2.05, 4.69) is 38.4 Å². The molecule has 1 N–H and O–H groups in total. The van der Waals surface area contributed by atoms with Crippen molar-refractivity contribution in [1.82, 2.24) is 25.0 Å². The Balaban J connectivity index is 1.77. The lowest BCUT2D eigenvalue weighted by atomic mass is 10.2. The first kappa shape index (κ1) is 19.1. The Morgan fingerprint density at radius 3 is 2.93 bits per heavy atom. The van der Waals surface area contributed by atoms with Crippen molar-refractivity contribution >= 4 is 39.8 Å². The standard InChI is InChI=1S/C17H19N7OS2/c1-4-8-24-15(12-6-5-7-13(9-12)23(2)3)20-22-17(24)26-10-14(25)19-16-21-18-11-27-16/h4-7,9,11H,1,8,10H2,2-3H3,(H,19,21,25). The predicted octanol–water partition coefficient (Wildman–Crippen LogP) is 2.78. The van der Waals surface area contributed by atoms with Gasteiger partial charge in [-0.2, -0.15) is 0 Å². The third-order valence-corrected chi connectivity index (χ3v) is 5.16. The predicted molar refractivity (Wildman–Crippen MR) is 109 cm³/mol. The van der Waals surface area contributed by atoms with E-state index in [0.717, 1.165) is 17.1 Å². The summed E-state index contributed by atoms with van der Waals surface area (Å²) in [6.07, 6.45) is 1.79. The summed E-state index contributed by atoms with van der Waals surface area (Å²) in [6.45, 7) is 4.37. The minimum Gasteiger partial charge on any atom is -0.378 e. The van der Waals surface area contributed by atoms with E-state index in [-0.39, 0.29) is 11.7 Å². The molecule has 8 nitrogen and oxygen atoms in total. The van der Waals surface area contributed by atoms with Gasteiger partial charge >= 0.3 is 0 Å². The number of benzene rings is 1. The molecular formula is C17H19N7OS2. The third-order valence-electron chi connectivity index (χ3n) is 3.59. The SMILES string of the molecule is C=CCn1c(SCC(=O)Nc2nncs2)nnc1-c1cccc(N(C)C)c1. The smallest absolute Gasteiger partial charge is 0.236 e. The maximum Gasteiger partial charge on any atom is 0.236 e. The van der Waals surface area contributed by atoms with Crippen LogP contribution in [0, 0.1) is 0 Å². The van der Waals surface area contributed by atoms with Crippen molar-refractivity contribution < 1.29 is 4.79 Å². The van der Waals surface area contributed by atoms with Gasteiger partial charge in [-0.25, -0.2) is 0 Å². The maximum atomic E-state index is 12.1. The Morgan fingerprint density at radius 1 is 1.37 bits per heavy atom. The van der Waals surface area contributed by atoms with E-state index in [1.54, 1.807) is 11.6 Å². The van der Waals surface area contributed by atoms with E-state index in [0.29, 0.717) is 16.8 Å². The second kappa shape index (κ2) is 8.78. The molecule has 1 aromatic carbocycles. The summed E-state index contributed by atoms with van der Waals surface area (Å²) in [4.78, 5) is 14.1. The summed E-state index contributed by atoms with van der Waals surface area (Å²) in [5, 5.41) is 19.9. The molecule has 0 atom stereocenters. The van der Waals surface area contributed by atoms with Crippen LogP contribution in [0.1, 0.15) is 0 Å². The van der Waals surface area contributed by atoms with Crippen LogP contribution in [0.3, 0.4) is 0 Å². The number of rotatable bonds is 8. The molecule has 0 unspecified atom stereocenters. The lowest BCUT2D eigenvalue weighted by molar-refractivity contribution is -0.113. The second-order valence-electron chi connectivity index (χ2n) is 5.73. The molecule has 140 valence electrons. The molecule has 0 bridgehead atoms. The van der Waals surface area contributed by atoms with Gasteiger partial charge in [-0.1, -0.05) is 41.3 Å². The lowest BCUT2D eigenvalue weighted by Gasteiger charge is -2.14. The number of carbonyl (C=O) groups excluding carboxylic acids is 1. The molecule has 0 aliphatic rings. The number of hydrogen-bond donors (Lipinski definition) is 1. The number of nitrogens with zero attached hydrogens (tertiary/aromatic N) is 6. The fourth-order valence-electron chi connectivity index (χ4n) is 2.34. The number of thioether (sulfide) groups is 1. The Kier molecular flexibility index (Phi) is 6.20. The Hall–Kier alpha value is -2.72. The number of hydrogen-bond acceptors (Lipinski definition) is 8. The normalized spacial score (nSPS) is 10.6. The highest BCUT2D eigenvalue weighted by Crippen LogP contribution is 2.26. The molecule has 0 radical (unpaired) electrons. The maximum absolute atomic E-state index is 12.1. The van der Waals surface area contributed by atoms with Gasteiger partial charge in [0.05, 0.1) is 5.75 Å². The zero-order valence-corrected chi connectivity index (χ0v) is 16.6. The zero-order valence-electron chi connectivity index (χ0n) is 15.0. The van der Waals surface area contributed by atoms with Crippen LogP contribution in [0.2, 0.25) is 0 Å². The number of aromatic nitrogens is 5. The van der Waals surface area contributed by atoms with Gasteiger partial charge in [0.25, 0.3) is 0 Å². The van der Waals surface area contributed by atoms with Crippen molar-refractivity contribution in [3.63, 3.8) is 0 Å². The van der Waals surface area contributed by atoms with E-state index < -0.39 is 0 Å². The Labute approximate surface area is 165 Å². The number of nitrogens with one attached hydrogen (secondary N) is 1. The summed E-state index contributed by atoms with van der Waals surface area (Å²) in [5.41, 5.74) is 3.60. The van der Waals surface area contributed by atoms with Crippen molar-refractivity contribution in [2.45, 2.75) is 11.7 Å². The van der Waals surface area contributed by atoms with Crippen LogP contribution in [0.15, 0.2) is 47.6 Å². The minimum absolute atomic E-state index is 0.166. The van der Waals surface area contributed by atoms with Crippen LogP contribution >= 0.6 is 23.1 Å². The van der Waals surface area contributed by atoms with Crippen LogP contribution in [0.4, 0.5) is 10.8 Å². The second-order valence-corrected chi connectivity index (χ2v) is 7.51. The Bertz CT molecular complexity index is 921. The molecule has 0 spiro atoms. The highest BCUT2D eigenvalue weighted by atomic mass is 32.2. The molecule has 10 heteroatoms. The minimum atomic E-state index is -0.166. The van der Waals surface area contributed by atoms with Crippen LogP contribution in [-0.4, -0.2) is 50.7 Å². The average Bonchev–Trinajstić information content (AvgIpc) is 3.30. The topological polar surface area (TPSA) is 88.8 Å². The van der Waals surface area contributed by atoms with E-state index in [1.807, 2.05) is 41.8 Å². The molecular weight excluding hydrogens is 382 g/mol. The number of allylic oxidation sites excluding steroid dienone is 1. The van der Waals surface area contributed by atoms with Crippen LogP contribution in [0.25, 0.3) is 11.4 Å². The van der Waals surface area contributed by atoms with Crippen LogP contribution in [-0.2, 0) is 11.3 Å². The molecule has 0 saturated carbocycles. The quantitative estimate of drug-likeness (QED) is 0.458. The first-order chi connectivity index (χ1) is 13.1. The molecule has 2 heterocycles. The molecule has 0 aliphatic heterocycles. The Morgan fingerprint density at radius 2 is 2.22 bits per heavy atom. The monoisotopic (exact) mass is 401 g/mol. The van der Waals surface area contributed by atoms with Gasteiger partial charge in [0.2, 0.25) is 11.0 Å². The average molecular weight is 402 g/mol. The summed E-state index contributed by atoms with van der Waals surface area (Å²) in [6, 6.07) is 8.07. The fourth-order valence-corrected chi connectivity index (χ4v) is 3.55. The van der Waals surface area contributed by atoms with E-state index in [9.17, 15) is 4.79 Å². The van der Waals surface area contributed by atoms with E-state index in [1.165, 1.54) is 23.1 Å². The molecule has 0 aliphatic carbocycles. The number of amides is 1. The van der Waals surface area contributed by atoms with Gasteiger partial charge < -0.3 is 4.90 Å². The number of anilines is 2. The van der Waals surface area contributed by atoms with Crippen molar-refractivity contribution in [3.8, 4) is 11.4 Å². The number of carbonyl (C=O) groups is 1. The van der Waals surface area contributed by atoms with Crippen LogP contribution < -0.4 is 10.2 Å². The van der Waals surface area contributed by atoms with Crippen molar-refractivity contribution in [2.75, 3.05) is 30.1 Å². The fraction of sp³-hybridized carbons (Fsp3) is 0.235. The zero-order chi connectivity index (χ0) is 19.2. The summed E-state index contributed by atoms with van der Waals surface area (Å²) >= 11 is 2.59. The van der Waals surface area contributed by atoms with Gasteiger partial charge in [-0.05, 0) is 12.1 Å². The first-order valence-electron chi connectivity index (χ1n) is 8.09. The van der Waals surface area contributed by atoms with Crippen molar-refractivity contribution in [2.24, 2.45) is 0 Å². The lowest BCUT2D eigenvalue weighted by Crippen LogP contribution is -2.14. The van der Waals surface area contributed by atoms with Crippen LogP contribution in [0.5, 0.6) is 0 Å². The largest absolute Gasteiger partial charge is 0.378 e. The molecule has 0 saturated heterocycles. The summed E-state index contributed by atoms with van der Waals surface area (Å²) in [7, 11) is 3.98. The van der Waals surface area contributed by atoms with Gasteiger partial charge in [-0.3, -0.25) is 14.7 Å². The summed E-state index contributed by atoms with van der Waals surface area (Å²) in [5.74, 6) is 0.777. The molecule has 2 aromatic heterocycles. The van der Waals surface area contributed by atoms with E-state index >= 15 is 0 Å². The molecule has 3 rings (SSSR count). The van der Waals surface area contributed by atoms with E-state index in [4.69, 9.17) is 0 Å². The van der Waals surface area contributed by atoms with Gasteiger partial charge in [-0.15, -0.1) is 27.0 Å². The van der Waals surface area contributed by atoms with Gasteiger partial charge in [0.15, 0.2) is 11.0 Å². The van der Waals surface area contributed by atoms with Gasteiger partial charge in [0, 0.05) is 31.9 Å². The highest BCUT2D eigenvalue weighted by Gasteiger charge is 2.16. The molecule has 27 heavy (non-hydrogen) atoms. The molecule has 1 amide bonds. The molecule has 0 fully saturated rings. The highest BCUT2D eigenvalue weighted by molar-refractivity contribution is 7.99.